The van der Waals surface area contributed by atoms with E-state index in [1.165, 1.54) is 12.1 Å². The molecule has 4 nitrogen and oxygen atoms in total. The van der Waals surface area contributed by atoms with Gasteiger partial charge in [-0.2, -0.15) is 0 Å². The molecule has 5 heteroatoms. The number of phenols is 1. The van der Waals surface area contributed by atoms with Crippen molar-refractivity contribution < 1.29 is 13.5 Å². The predicted molar refractivity (Wildman–Crippen MR) is 65.9 cm³/mol. The summed E-state index contributed by atoms with van der Waals surface area (Å²) in [6, 6.07) is 4.51. The fourth-order valence-electron chi connectivity index (χ4n) is 2.30. The fourth-order valence-corrected chi connectivity index (χ4v) is 4.30. The van der Waals surface area contributed by atoms with Crippen LogP contribution in [0.5, 0.6) is 5.75 Å². The summed E-state index contributed by atoms with van der Waals surface area (Å²) in [6.07, 6.45) is 2.04. The van der Waals surface area contributed by atoms with Gasteiger partial charge < -0.3 is 10.4 Å². The minimum absolute atomic E-state index is 0.134. The Morgan fingerprint density at radius 3 is 2.94 bits per heavy atom. The maximum absolute atomic E-state index is 12.2. The van der Waals surface area contributed by atoms with Gasteiger partial charge in [-0.3, -0.25) is 0 Å². The molecule has 17 heavy (non-hydrogen) atoms. The van der Waals surface area contributed by atoms with Crippen molar-refractivity contribution in [1.29, 1.82) is 0 Å². The smallest absolute Gasteiger partial charge is 0.181 e. The SMILES string of the molecule is CNCCCC1Cc2cc(O)ccc2S1(=O)=O. The molecule has 0 aromatic heterocycles. The van der Waals surface area contributed by atoms with Crippen molar-refractivity contribution in [3.63, 3.8) is 0 Å². The van der Waals surface area contributed by atoms with Crippen molar-refractivity contribution in [2.24, 2.45) is 0 Å². The molecule has 1 atom stereocenters. The molecule has 0 aliphatic carbocycles. The van der Waals surface area contributed by atoms with Gasteiger partial charge in [0.2, 0.25) is 0 Å². The molecule has 1 unspecified atom stereocenters. The zero-order chi connectivity index (χ0) is 12.5. The summed E-state index contributed by atoms with van der Waals surface area (Å²) in [7, 11) is -1.33. The molecule has 1 aliphatic heterocycles. The molecule has 2 rings (SSSR count). The van der Waals surface area contributed by atoms with Gasteiger partial charge >= 0.3 is 0 Å². The quantitative estimate of drug-likeness (QED) is 0.790. The number of aromatic hydroxyl groups is 1. The summed E-state index contributed by atoms with van der Waals surface area (Å²) >= 11 is 0. The third kappa shape index (κ3) is 2.30. The molecule has 0 radical (unpaired) electrons. The standard InChI is InChI=1S/C12H17NO3S/c1-13-6-2-3-11-8-9-7-10(14)4-5-12(9)17(11,15)16/h4-5,7,11,13-14H,2-3,6,8H2,1H3. The van der Waals surface area contributed by atoms with Crippen LogP contribution in [0.1, 0.15) is 18.4 Å². The summed E-state index contributed by atoms with van der Waals surface area (Å²) in [5.41, 5.74) is 0.749. The lowest BCUT2D eigenvalue weighted by Crippen LogP contribution is -2.19. The van der Waals surface area contributed by atoms with E-state index >= 15 is 0 Å². The molecule has 94 valence electrons. The Bertz CT molecular complexity index is 510. The first-order valence-corrected chi connectivity index (χ1v) is 7.30. The molecule has 1 aromatic carbocycles. The molecule has 0 bridgehead atoms. The Labute approximate surface area is 102 Å². The van der Waals surface area contributed by atoms with E-state index in [9.17, 15) is 13.5 Å². The van der Waals surface area contributed by atoms with E-state index in [-0.39, 0.29) is 11.0 Å². The van der Waals surface area contributed by atoms with E-state index in [1.807, 2.05) is 7.05 Å². The molecule has 0 spiro atoms. The van der Waals surface area contributed by atoms with Crippen LogP contribution >= 0.6 is 0 Å². The van der Waals surface area contributed by atoms with Gasteiger partial charge in [0, 0.05) is 0 Å². The average molecular weight is 255 g/mol. The van der Waals surface area contributed by atoms with E-state index in [1.54, 1.807) is 6.07 Å². The first kappa shape index (κ1) is 12.4. The largest absolute Gasteiger partial charge is 0.508 e. The maximum atomic E-state index is 12.2. The van der Waals surface area contributed by atoms with Gasteiger partial charge in [0.1, 0.15) is 5.75 Å². The van der Waals surface area contributed by atoms with E-state index in [0.29, 0.717) is 17.7 Å². The number of hydrogen-bond acceptors (Lipinski definition) is 4. The zero-order valence-electron chi connectivity index (χ0n) is 9.81. The van der Waals surface area contributed by atoms with Crippen molar-refractivity contribution in [2.45, 2.75) is 29.4 Å². The summed E-state index contributed by atoms with van der Waals surface area (Å²) < 4.78 is 24.4. The lowest BCUT2D eigenvalue weighted by molar-refractivity contribution is 0.474. The van der Waals surface area contributed by atoms with Crippen molar-refractivity contribution in [1.82, 2.24) is 5.32 Å². The highest BCUT2D eigenvalue weighted by atomic mass is 32.2. The molecule has 1 heterocycles. The van der Waals surface area contributed by atoms with Crippen LogP contribution in [0.25, 0.3) is 0 Å². The predicted octanol–water partition coefficient (Wildman–Crippen LogP) is 1.09. The number of nitrogens with one attached hydrogen (secondary N) is 1. The summed E-state index contributed by atoms with van der Waals surface area (Å²) in [6.45, 7) is 0.827. The maximum Gasteiger partial charge on any atom is 0.181 e. The molecule has 0 amide bonds. The van der Waals surface area contributed by atoms with E-state index in [2.05, 4.69) is 5.32 Å². The van der Waals surface area contributed by atoms with Crippen LogP contribution in [0.15, 0.2) is 23.1 Å². The molecular formula is C12H17NO3S. The topological polar surface area (TPSA) is 66.4 Å². The van der Waals surface area contributed by atoms with Crippen LogP contribution < -0.4 is 5.32 Å². The molecule has 2 N–H and O–H groups in total. The molecule has 0 saturated carbocycles. The summed E-state index contributed by atoms with van der Waals surface area (Å²) in [5.74, 6) is 0.134. The van der Waals surface area contributed by atoms with Gasteiger partial charge in [0.25, 0.3) is 0 Å². The molecule has 1 aromatic rings. The molecule has 1 aliphatic rings. The van der Waals surface area contributed by atoms with Crippen LogP contribution in [0.2, 0.25) is 0 Å². The summed E-state index contributed by atoms with van der Waals surface area (Å²) in [5, 5.41) is 12.1. The number of sulfone groups is 1. The Kier molecular flexibility index (Phi) is 3.40. The van der Waals surface area contributed by atoms with Crippen LogP contribution in [0, 0.1) is 0 Å². The second-order valence-corrected chi connectivity index (χ2v) is 6.61. The van der Waals surface area contributed by atoms with Gasteiger partial charge in [-0.1, -0.05) is 0 Å². The van der Waals surface area contributed by atoms with Gasteiger partial charge in [-0.25, -0.2) is 8.42 Å². The van der Waals surface area contributed by atoms with Crippen molar-refractivity contribution in [3.8, 4) is 5.75 Å². The number of fused-ring (bicyclic) bond motifs is 1. The zero-order valence-corrected chi connectivity index (χ0v) is 10.6. The van der Waals surface area contributed by atoms with Gasteiger partial charge in [-0.05, 0) is 56.6 Å². The third-order valence-electron chi connectivity index (χ3n) is 3.19. The molecule has 0 saturated heterocycles. The lowest BCUT2D eigenvalue weighted by Gasteiger charge is -2.08. The van der Waals surface area contributed by atoms with Gasteiger partial charge in [0.15, 0.2) is 9.84 Å². The minimum atomic E-state index is -3.18. The number of rotatable bonds is 4. The summed E-state index contributed by atoms with van der Waals surface area (Å²) in [4.78, 5) is 0.393. The number of hydrogen-bond donors (Lipinski definition) is 2. The Morgan fingerprint density at radius 2 is 2.24 bits per heavy atom. The van der Waals surface area contributed by atoms with Crippen molar-refractivity contribution >= 4 is 9.84 Å². The van der Waals surface area contributed by atoms with Crippen LogP contribution in [0.3, 0.4) is 0 Å². The highest BCUT2D eigenvalue weighted by Crippen LogP contribution is 2.35. The fraction of sp³-hybridized carbons (Fsp3) is 0.500. The molecular weight excluding hydrogens is 238 g/mol. The normalized spacial score (nSPS) is 21.4. The van der Waals surface area contributed by atoms with E-state index in [4.69, 9.17) is 0 Å². The first-order chi connectivity index (χ1) is 8.05. The Balaban J connectivity index is 2.21. The number of benzene rings is 1. The van der Waals surface area contributed by atoms with Crippen LogP contribution in [-0.4, -0.2) is 32.4 Å². The first-order valence-electron chi connectivity index (χ1n) is 5.76. The highest BCUT2D eigenvalue weighted by molar-refractivity contribution is 7.92. The van der Waals surface area contributed by atoms with E-state index < -0.39 is 9.84 Å². The average Bonchev–Trinajstić information content (AvgIpc) is 2.50. The second kappa shape index (κ2) is 4.66. The van der Waals surface area contributed by atoms with Crippen molar-refractivity contribution in [3.05, 3.63) is 23.8 Å². The molecule has 0 fully saturated rings. The van der Waals surface area contributed by atoms with Gasteiger partial charge in [-0.15, -0.1) is 0 Å². The third-order valence-corrected chi connectivity index (χ3v) is 5.48. The number of phenolic OH excluding ortho intramolecular Hbond substituents is 1. The minimum Gasteiger partial charge on any atom is -0.508 e. The van der Waals surface area contributed by atoms with E-state index in [0.717, 1.165) is 18.5 Å². The monoisotopic (exact) mass is 255 g/mol. The lowest BCUT2D eigenvalue weighted by atomic mass is 10.1. The second-order valence-electron chi connectivity index (χ2n) is 4.41. The highest BCUT2D eigenvalue weighted by Gasteiger charge is 2.36. The van der Waals surface area contributed by atoms with Crippen molar-refractivity contribution in [2.75, 3.05) is 13.6 Å². The Morgan fingerprint density at radius 1 is 1.47 bits per heavy atom. The van der Waals surface area contributed by atoms with Crippen LogP contribution in [-0.2, 0) is 16.3 Å². The van der Waals surface area contributed by atoms with Gasteiger partial charge in [0.05, 0.1) is 10.1 Å². The Hall–Kier alpha value is -1.07. The van der Waals surface area contributed by atoms with Crippen LogP contribution in [0.4, 0.5) is 0 Å².